The topological polar surface area (TPSA) is 76.3 Å². The lowest BCUT2D eigenvalue weighted by molar-refractivity contribution is 0.291. The first-order valence-corrected chi connectivity index (χ1v) is 10.6. The van der Waals surface area contributed by atoms with Crippen LogP contribution in [0, 0.1) is 5.82 Å². The van der Waals surface area contributed by atoms with Crippen LogP contribution in [0.4, 0.5) is 4.39 Å². The normalized spacial score (nSPS) is 16.4. The van der Waals surface area contributed by atoms with Crippen LogP contribution in [0.5, 0.6) is 0 Å². The highest BCUT2D eigenvalue weighted by Gasteiger charge is 2.32. The van der Waals surface area contributed by atoms with Crippen molar-refractivity contribution in [3.63, 3.8) is 0 Å². The number of aromatic nitrogens is 2. The van der Waals surface area contributed by atoms with E-state index >= 15 is 0 Å². The zero-order valence-electron chi connectivity index (χ0n) is 14.8. The van der Waals surface area contributed by atoms with Crippen LogP contribution in [0.3, 0.4) is 0 Å². The molecule has 2 aromatic carbocycles. The second kappa shape index (κ2) is 7.62. The molecular formula is C19H17ClFN3O3S. The van der Waals surface area contributed by atoms with Gasteiger partial charge in [-0.05, 0) is 61.4 Å². The van der Waals surface area contributed by atoms with E-state index in [0.29, 0.717) is 48.3 Å². The zero-order valence-corrected chi connectivity index (χ0v) is 16.3. The Bertz CT molecular complexity index is 1060. The standard InChI is InChI=1S/C19H17ClFN3O3S/c20-15-3-7-17(8-4-15)28(25,26)24-11-9-14(10-12-24)19-23-22-18(27-19)13-1-5-16(21)6-2-13/h1-8,14H,9-12H2. The van der Waals surface area contributed by atoms with E-state index in [2.05, 4.69) is 10.2 Å². The lowest BCUT2D eigenvalue weighted by Gasteiger charge is -2.29. The van der Waals surface area contributed by atoms with E-state index in [0.717, 1.165) is 0 Å². The zero-order chi connectivity index (χ0) is 19.7. The number of hydrogen-bond acceptors (Lipinski definition) is 5. The van der Waals surface area contributed by atoms with Crippen LogP contribution in [0.15, 0.2) is 57.8 Å². The van der Waals surface area contributed by atoms with Crippen molar-refractivity contribution in [3.8, 4) is 11.5 Å². The predicted octanol–water partition coefficient (Wildman–Crippen LogP) is 4.10. The first kappa shape index (κ1) is 19.0. The average Bonchev–Trinajstić information content (AvgIpc) is 3.19. The molecule has 0 amide bonds. The molecule has 4 rings (SSSR count). The van der Waals surface area contributed by atoms with Gasteiger partial charge in [0.05, 0.1) is 4.90 Å². The minimum Gasteiger partial charge on any atom is -0.420 e. The van der Waals surface area contributed by atoms with E-state index in [-0.39, 0.29) is 16.6 Å². The van der Waals surface area contributed by atoms with Crippen LogP contribution in [0.2, 0.25) is 5.02 Å². The van der Waals surface area contributed by atoms with Crippen LogP contribution >= 0.6 is 11.6 Å². The number of sulfonamides is 1. The molecule has 1 fully saturated rings. The van der Waals surface area contributed by atoms with Crippen molar-refractivity contribution >= 4 is 21.6 Å². The maximum atomic E-state index is 13.0. The highest BCUT2D eigenvalue weighted by atomic mass is 35.5. The van der Waals surface area contributed by atoms with Gasteiger partial charge >= 0.3 is 0 Å². The average molecular weight is 422 g/mol. The Kier molecular flexibility index (Phi) is 5.18. The molecule has 0 spiro atoms. The highest BCUT2D eigenvalue weighted by molar-refractivity contribution is 7.89. The van der Waals surface area contributed by atoms with Crippen molar-refractivity contribution in [2.45, 2.75) is 23.7 Å². The van der Waals surface area contributed by atoms with Crippen molar-refractivity contribution in [2.75, 3.05) is 13.1 Å². The van der Waals surface area contributed by atoms with E-state index in [1.165, 1.54) is 28.6 Å². The molecule has 0 atom stereocenters. The fourth-order valence-electron chi connectivity index (χ4n) is 3.21. The summed E-state index contributed by atoms with van der Waals surface area (Å²) < 4.78 is 45.8. The minimum absolute atomic E-state index is 0.0154. The second-order valence-corrected chi connectivity index (χ2v) is 8.96. The van der Waals surface area contributed by atoms with Crippen molar-refractivity contribution in [3.05, 3.63) is 65.3 Å². The summed E-state index contributed by atoms with van der Waals surface area (Å²) in [5.41, 5.74) is 0.642. The van der Waals surface area contributed by atoms with Gasteiger partial charge in [-0.1, -0.05) is 11.6 Å². The molecule has 0 bridgehead atoms. The van der Waals surface area contributed by atoms with E-state index in [9.17, 15) is 12.8 Å². The quantitative estimate of drug-likeness (QED) is 0.634. The Hall–Kier alpha value is -2.29. The fourth-order valence-corrected chi connectivity index (χ4v) is 4.80. The van der Waals surface area contributed by atoms with E-state index in [1.54, 1.807) is 24.3 Å². The van der Waals surface area contributed by atoms with Gasteiger partial charge in [0, 0.05) is 29.6 Å². The number of halogens is 2. The van der Waals surface area contributed by atoms with Gasteiger partial charge in [0.2, 0.25) is 21.8 Å². The van der Waals surface area contributed by atoms with E-state index in [1.807, 2.05) is 0 Å². The summed E-state index contributed by atoms with van der Waals surface area (Å²) in [6, 6.07) is 12.0. The van der Waals surface area contributed by atoms with Crippen LogP contribution in [-0.4, -0.2) is 36.0 Å². The number of nitrogens with zero attached hydrogens (tertiary/aromatic N) is 3. The van der Waals surface area contributed by atoms with Gasteiger partial charge in [-0.2, -0.15) is 4.31 Å². The molecule has 1 aliphatic rings. The lowest BCUT2D eigenvalue weighted by Crippen LogP contribution is -2.37. The van der Waals surface area contributed by atoms with Gasteiger partial charge in [0.1, 0.15) is 5.82 Å². The van der Waals surface area contributed by atoms with Gasteiger partial charge in [-0.15, -0.1) is 10.2 Å². The SMILES string of the molecule is O=S(=O)(c1ccc(Cl)cc1)N1CCC(c2nnc(-c3ccc(F)cc3)o2)CC1. The molecule has 1 aromatic heterocycles. The Morgan fingerprint density at radius 1 is 1.00 bits per heavy atom. The van der Waals surface area contributed by atoms with Gasteiger partial charge < -0.3 is 4.42 Å². The van der Waals surface area contributed by atoms with Crippen molar-refractivity contribution in [2.24, 2.45) is 0 Å². The molecule has 1 saturated heterocycles. The number of rotatable bonds is 4. The van der Waals surface area contributed by atoms with Gasteiger partial charge in [-0.25, -0.2) is 12.8 Å². The third kappa shape index (κ3) is 3.80. The van der Waals surface area contributed by atoms with Crippen molar-refractivity contribution < 1.29 is 17.2 Å². The molecule has 6 nitrogen and oxygen atoms in total. The summed E-state index contributed by atoms with van der Waals surface area (Å²) >= 11 is 5.84. The summed E-state index contributed by atoms with van der Waals surface area (Å²) in [6.45, 7) is 0.730. The summed E-state index contributed by atoms with van der Waals surface area (Å²) in [6.07, 6.45) is 1.16. The monoisotopic (exact) mass is 421 g/mol. The summed E-state index contributed by atoms with van der Waals surface area (Å²) in [7, 11) is -3.55. The Morgan fingerprint density at radius 3 is 2.29 bits per heavy atom. The number of hydrogen-bond donors (Lipinski definition) is 0. The summed E-state index contributed by atoms with van der Waals surface area (Å²) in [5, 5.41) is 8.62. The Morgan fingerprint density at radius 2 is 1.64 bits per heavy atom. The fraction of sp³-hybridized carbons (Fsp3) is 0.263. The molecule has 146 valence electrons. The maximum Gasteiger partial charge on any atom is 0.247 e. The molecule has 3 aromatic rings. The van der Waals surface area contributed by atoms with Crippen LogP contribution < -0.4 is 0 Å². The van der Waals surface area contributed by atoms with Gasteiger partial charge in [-0.3, -0.25) is 0 Å². The summed E-state index contributed by atoms with van der Waals surface area (Å²) in [4.78, 5) is 0.228. The molecule has 9 heteroatoms. The molecule has 0 aliphatic carbocycles. The largest absolute Gasteiger partial charge is 0.420 e. The highest BCUT2D eigenvalue weighted by Crippen LogP contribution is 2.31. The second-order valence-electron chi connectivity index (χ2n) is 6.58. The Labute approximate surface area is 167 Å². The Balaban J connectivity index is 1.44. The van der Waals surface area contributed by atoms with Gasteiger partial charge in [0.25, 0.3) is 0 Å². The molecule has 2 heterocycles. The first-order valence-electron chi connectivity index (χ1n) is 8.78. The van der Waals surface area contributed by atoms with E-state index in [4.69, 9.17) is 16.0 Å². The minimum atomic E-state index is -3.55. The summed E-state index contributed by atoms with van der Waals surface area (Å²) in [5.74, 6) is 0.449. The molecule has 0 radical (unpaired) electrons. The maximum absolute atomic E-state index is 13.0. The molecule has 0 N–H and O–H groups in total. The smallest absolute Gasteiger partial charge is 0.247 e. The van der Waals surface area contributed by atoms with Crippen LogP contribution in [0.1, 0.15) is 24.7 Å². The van der Waals surface area contributed by atoms with E-state index < -0.39 is 10.0 Å². The predicted molar refractivity (Wildman–Crippen MR) is 102 cm³/mol. The number of piperidine rings is 1. The molecule has 1 aliphatic heterocycles. The number of benzene rings is 2. The van der Waals surface area contributed by atoms with Crippen LogP contribution in [-0.2, 0) is 10.0 Å². The lowest BCUT2D eigenvalue weighted by atomic mass is 9.98. The molecule has 0 unspecified atom stereocenters. The van der Waals surface area contributed by atoms with Crippen molar-refractivity contribution in [1.29, 1.82) is 0 Å². The van der Waals surface area contributed by atoms with Gasteiger partial charge in [0.15, 0.2) is 0 Å². The van der Waals surface area contributed by atoms with Crippen LogP contribution in [0.25, 0.3) is 11.5 Å². The third-order valence-electron chi connectivity index (χ3n) is 4.79. The molecular weight excluding hydrogens is 405 g/mol. The first-order chi connectivity index (χ1) is 13.4. The third-order valence-corrected chi connectivity index (χ3v) is 6.95. The van der Waals surface area contributed by atoms with Crippen molar-refractivity contribution in [1.82, 2.24) is 14.5 Å². The molecule has 28 heavy (non-hydrogen) atoms. The molecule has 0 saturated carbocycles.